The van der Waals surface area contributed by atoms with Crippen molar-refractivity contribution >= 4 is 11.8 Å². The summed E-state index contributed by atoms with van der Waals surface area (Å²) in [5.74, 6) is 1.60. The Balaban J connectivity index is 3.82. The monoisotopic (exact) mass is 245 g/mol. The summed E-state index contributed by atoms with van der Waals surface area (Å²) < 4.78 is 0. The molecule has 0 aliphatic carbocycles. The number of rotatable bonds is 9. The van der Waals surface area contributed by atoms with E-state index in [2.05, 4.69) is 46.2 Å². The van der Waals surface area contributed by atoms with Crippen molar-refractivity contribution in [2.24, 2.45) is 11.8 Å². The zero-order chi connectivity index (χ0) is 12.6. The zero-order valence-electron chi connectivity index (χ0n) is 12.0. The lowest BCUT2D eigenvalue weighted by Crippen LogP contribution is -2.33. The van der Waals surface area contributed by atoms with E-state index < -0.39 is 0 Å². The molecule has 98 valence electrons. The molecule has 0 saturated heterocycles. The standard InChI is InChI=1S/C14H31NS/c1-11(2)9-14(10-12(3)4)15-8-7-13(5)16-6/h11-15H,7-10H2,1-6H3. The first-order chi connectivity index (χ1) is 7.45. The predicted molar refractivity (Wildman–Crippen MR) is 78.3 cm³/mol. The molecule has 0 heterocycles. The molecule has 0 aromatic rings. The van der Waals surface area contributed by atoms with Crippen LogP contribution in [0.5, 0.6) is 0 Å². The molecular weight excluding hydrogens is 214 g/mol. The Kier molecular flexibility index (Phi) is 9.53. The lowest BCUT2D eigenvalue weighted by Gasteiger charge is -2.23. The van der Waals surface area contributed by atoms with Gasteiger partial charge < -0.3 is 5.32 Å². The van der Waals surface area contributed by atoms with Crippen LogP contribution in [-0.4, -0.2) is 24.1 Å². The summed E-state index contributed by atoms with van der Waals surface area (Å²) in [7, 11) is 0. The van der Waals surface area contributed by atoms with Gasteiger partial charge in [-0.15, -0.1) is 0 Å². The van der Waals surface area contributed by atoms with Crippen LogP contribution < -0.4 is 5.32 Å². The first kappa shape index (κ1) is 16.3. The molecule has 1 unspecified atom stereocenters. The predicted octanol–water partition coefficient (Wildman–Crippen LogP) is 4.18. The topological polar surface area (TPSA) is 12.0 Å². The van der Waals surface area contributed by atoms with Gasteiger partial charge in [-0.05, 0) is 43.9 Å². The Morgan fingerprint density at radius 1 is 0.938 bits per heavy atom. The van der Waals surface area contributed by atoms with E-state index in [1.165, 1.54) is 25.8 Å². The third-order valence-electron chi connectivity index (χ3n) is 2.90. The maximum Gasteiger partial charge on any atom is 0.00719 e. The van der Waals surface area contributed by atoms with E-state index in [1.54, 1.807) is 0 Å². The van der Waals surface area contributed by atoms with Crippen LogP contribution in [0.25, 0.3) is 0 Å². The number of hydrogen-bond donors (Lipinski definition) is 1. The minimum atomic E-state index is 0.717. The normalized spacial score (nSPS) is 14.1. The van der Waals surface area contributed by atoms with Crippen molar-refractivity contribution in [3.63, 3.8) is 0 Å². The van der Waals surface area contributed by atoms with Crippen molar-refractivity contribution < 1.29 is 0 Å². The summed E-state index contributed by atoms with van der Waals surface area (Å²) >= 11 is 1.96. The van der Waals surface area contributed by atoms with Crippen LogP contribution >= 0.6 is 11.8 Å². The first-order valence-electron chi connectivity index (χ1n) is 6.71. The molecule has 0 aliphatic heterocycles. The second-order valence-corrected chi connectivity index (χ2v) is 7.02. The number of thioether (sulfide) groups is 1. The molecule has 0 aromatic heterocycles. The van der Waals surface area contributed by atoms with Crippen molar-refractivity contribution in [2.45, 2.75) is 65.2 Å². The Bertz CT molecular complexity index is 147. The van der Waals surface area contributed by atoms with Gasteiger partial charge in [-0.2, -0.15) is 11.8 Å². The van der Waals surface area contributed by atoms with Crippen LogP contribution in [0.4, 0.5) is 0 Å². The van der Waals surface area contributed by atoms with Crippen molar-refractivity contribution in [2.75, 3.05) is 12.8 Å². The third kappa shape index (κ3) is 9.53. The minimum absolute atomic E-state index is 0.717. The third-order valence-corrected chi connectivity index (χ3v) is 3.94. The average Bonchev–Trinajstić information content (AvgIpc) is 2.15. The molecule has 0 saturated carbocycles. The van der Waals surface area contributed by atoms with E-state index >= 15 is 0 Å². The lowest BCUT2D eigenvalue weighted by molar-refractivity contribution is 0.359. The van der Waals surface area contributed by atoms with Gasteiger partial charge in [0, 0.05) is 11.3 Å². The maximum absolute atomic E-state index is 3.73. The molecule has 0 rings (SSSR count). The molecule has 0 bridgehead atoms. The SMILES string of the molecule is CSC(C)CCNC(CC(C)C)CC(C)C. The largest absolute Gasteiger partial charge is 0.314 e. The zero-order valence-corrected chi connectivity index (χ0v) is 12.9. The summed E-state index contributed by atoms with van der Waals surface area (Å²) in [5.41, 5.74) is 0. The quantitative estimate of drug-likeness (QED) is 0.654. The summed E-state index contributed by atoms with van der Waals surface area (Å²) in [6, 6.07) is 0.717. The van der Waals surface area contributed by atoms with E-state index in [0.717, 1.165) is 17.1 Å². The van der Waals surface area contributed by atoms with Crippen molar-refractivity contribution in [1.29, 1.82) is 0 Å². The van der Waals surface area contributed by atoms with Crippen molar-refractivity contribution in [3.8, 4) is 0 Å². The summed E-state index contributed by atoms with van der Waals surface area (Å²) in [4.78, 5) is 0. The summed E-state index contributed by atoms with van der Waals surface area (Å²) in [6.07, 6.45) is 6.11. The molecule has 0 radical (unpaired) electrons. The fourth-order valence-corrected chi connectivity index (χ4v) is 2.36. The van der Waals surface area contributed by atoms with Gasteiger partial charge in [-0.1, -0.05) is 34.6 Å². The van der Waals surface area contributed by atoms with Gasteiger partial charge in [0.05, 0.1) is 0 Å². The van der Waals surface area contributed by atoms with Gasteiger partial charge in [0.25, 0.3) is 0 Å². The molecule has 0 spiro atoms. The molecule has 0 amide bonds. The van der Waals surface area contributed by atoms with E-state index in [4.69, 9.17) is 0 Å². The van der Waals surface area contributed by atoms with Crippen LogP contribution in [0.2, 0.25) is 0 Å². The van der Waals surface area contributed by atoms with Gasteiger partial charge in [0.15, 0.2) is 0 Å². The second-order valence-electron chi connectivity index (χ2n) is 5.75. The molecule has 0 fully saturated rings. The minimum Gasteiger partial charge on any atom is -0.314 e. The number of hydrogen-bond acceptors (Lipinski definition) is 2. The smallest absolute Gasteiger partial charge is 0.00719 e. The molecule has 1 atom stereocenters. The highest BCUT2D eigenvalue weighted by molar-refractivity contribution is 7.99. The Morgan fingerprint density at radius 2 is 1.44 bits per heavy atom. The van der Waals surface area contributed by atoms with Crippen LogP contribution in [-0.2, 0) is 0 Å². The van der Waals surface area contributed by atoms with Crippen LogP contribution in [0.15, 0.2) is 0 Å². The first-order valence-corrected chi connectivity index (χ1v) is 8.00. The maximum atomic E-state index is 3.73. The Morgan fingerprint density at radius 3 is 1.81 bits per heavy atom. The fourth-order valence-electron chi connectivity index (χ4n) is 2.01. The van der Waals surface area contributed by atoms with Crippen LogP contribution in [0, 0.1) is 11.8 Å². The average molecular weight is 245 g/mol. The van der Waals surface area contributed by atoms with Gasteiger partial charge in [0.2, 0.25) is 0 Å². The van der Waals surface area contributed by atoms with Crippen LogP contribution in [0.1, 0.15) is 53.9 Å². The Hall–Kier alpha value is 0.310. The molecule has 1 N–H and O–H groups in total. The van der Waals surface area contributed by atoms with Gasteiger partial charge in [-0.25, -0.2) is 0 Å². The fraction of sp³-hybridized carbons (Fsp3) is 1.00. The highest BCUT2D eigenvalue weighted by atomic mass is 32.2. The molecule has 2 heteroatoms. The van der Waals surface area contributed by atoms with E-state index in [9.17, 15) is 0 Å². The van der Waals surface area contributed by atoms with Crippen molar-refractivity contribution in [1.82, 2.24) is 5.32 Å². The van der Waals surface area contributed by atoms with Gasteiger partial charge in [0.1, 0.15) is 0 Å². The summed E-state index contributed by atoms with van der Waals surface area (Å²) in [6.45, 7) is 12.8. The highest BCUT2D eigenvalue weighted by Gasteiger charge is 2.12. The lowest BCUT2D eigenvalue weighted by atomic mass is 9.95. The van der Waals surface area contributed by atoms with E-state index in [1.807, 2.05) is 11.8 Å². The van der Waals surface area contributed by atoms with E-state index in [-0.39, 0.29) is 0 Å². The van der Waals surface area contributed by atoms with Gasteiger partial charge >= 0.3 is 0 Å². The molecule has 1 nitrogen and oxygen atoms in total. The van der Waals surface area contributed by atoms with E-state index in [0.29, 0.717) is 6.04 Å². The van der Waals surface area contributed by atoms with Gasteiger partial charge in [-0.3, -0.25) is 0 Å². The summed E-state index contributed by atoms with van der Waals surface area (Å²) in [5, 5.41) is 4.52. The number of nitrogens with one attached hydrogen (secondary N) is 1. The van der Waals surface area contributed by atoms with Crippen molar-refractivity contribution in [3.05, 3.63) is 0 Å². The molecule has 0 aromatic carbocycles. The molecular formula is C14H31NS. The molecule has 16 heavy (non-hydrogen) atoms. The highest BCUT2D eigenvalue weighted by Crippen LogP contribution is 2.14. The van der Waals surface area contributed by atoms with Crippen LogP contribution in [0.3, 0.4) is 0 Å². The Labute approximate surface area is 107 Å². The second kappa shape index (κ2) is 9.35. The molecule has 0 aliphatic rings.